The van der Waals surface area contributed by atoms with Crippen molar-refractivity contribution in [2.45, 2.75) is 31.9 Å². The Bertz CT molecular complexity index is 116. The third-order valence-corrected chi connectivity index (χ3v) is 1.76. The van der Waals surface area contributed by atoms with Gasteiger partial charge in [-0.3, -0.25) is 0 Å². The Kier molecular flexibility index (Phi) is 7.56. The average Bonchev–Trinajstić information content (AvgIpc) is 2.01. The molecule has 1 nitrogen and oxygen atoms in total. The zero-order valence-electron chi connectivity index (χ0n) is 7.44. The van der Waals surface area contributed by atoms with Crippen LogP contribution in [0, 0.1) is 0 Å². The van der Waals surface area contributed by atoms with Gasteiger partial charge in [0.05, 0.1) is 0 Å². The van der Waals surface area contributed by atoms with Crippen LogP contribution in [0.15, 0.2) is 0 Å². The van der Waals surface area contributed by atoms with Crippen LogP contribution < -0.4 is 0 Å². The van der Waals surface area contributed by atoms with E-state index in [-0.39, 0.29) is 13.0 Å². The highest BCUT2D eigenvalue weighted by atomic mass is 32.1. The lowest BCUT2D eigenvalue weighted by molar-refractivity contribution is -0.137. The summed E-state index contributed by atoms with van der Waals surface area (Å²) in [6.07, 6.45) is -2.92. The molecule has 80 valence electrons. The number of rotatable bonds is 7. The minimum absolute atomic E-state index is 0.0599. The molecule has 0 aliphatic heterocycles. The maximum absolute atomic E-state index is 11.6. The van der Waals surface area contributed by atoms with Crippen molar-refractivity contribution in [1.82, 2.24) is 0 Å². The fourth-order valence-corrected chi connectivity index (χ4v) is 1.02. The molecule has 13 heavy (non-hydrogen) atoms. The number of ether oxygens (including phenoxy) is 1. The van der Waals surface area contributed by atoms with E-state index in [0.29, 0.717) is 6.61 Å². The lowest BCUT2D eigenvalue weighted by atomic mass is 10.3. The Hall–Kier alpha value is 0.100. The summed E-state index contributed by atoms with van der Waals surface area (Å²) in [5.74, 6) is 0.798. The van der Waals surface area contributed by atoms with Crippen molar-refractivity contribution in [2.24, 2.45) is 0 Å². The van der Waals surface area contributed by atoms with Crippen LogP contribution in [0.25, 0.3) is 0 Å². The van der Waals surface area contributed by atoms with E-state index in [0.717, 1.165) is 18.6 Å². The van der Waals surface area contributed by atoms with E-state index < -0.39 is 12.6 Å². The fourth-order valence-electron chi connectivity index (χ4n) is 0.793. The molecule has 0 atom stereocenters. The second-order valence-electron chi connectivity index (χ2n) is 2.76. The van der Waals surface area contributed by atoms with Crippen LogP contribution in [0.5, 0.6) is 0 Å². The smallest absolute Gasteiger partial charge is 0.381 e. The Labute approximate surface area is 82.1 Å². The summed E-state index contributed by atoms with van der Waals surface area (Å²) in [4.78, 5) is 0. The van der Waals surface area contributed by atoms with Crippen LogP contribution in [0.2, 0.25) is 0 Å². The van der Waals surface area contributed by atoms with Gasteiger partial charge in [0, 0.05) is 19.6 Å². The van der Waals surface area contributed by atoms with Crippen LogP contribution in [0.4, 0.5) is 13.2 Å². The fraction of sp³-hybridized carbons (Fsp3) is 1.00. The first kappa shape index (κ1) is 13.1. The normalized spacial score (nSPS) is 12.0. The van der Waals surface area contributed by atoms with Crippen LogP contribution in [-0.4, -0.2) is 25.1 Å². The van der Waals surface area contributed by atoms with Gasteiger partial charge in [0.2, 0.25) is 0 Å². The average molecular weight is 216 g/mol. The molecule has 0 heterocycles. The summed E-state index contributed by atoms with van der Waals surface area (Å²) >= 11 is 4.00. The van der Waals surface area contributed by atoms with Crippen LogP contribution in [0.1, 0.15) is 25.7 Å². The monoisotopic (exact) mass is 216 g/mol. The third-order valence-electron chi connectivity index (χ3n) is 1.45. The van der Waals surface area contributed by atoms with E-state index in [2.05, 4.69) is 12.6 Å². The largest absolute Gasteiger partial charge is 0.389 e. The number of unbranched alkanes of at least 4 members (excludes halogenated alkanes) is 1. The molecule has 0 unspecified atom stereocenters. The lowest BCUT2D eigenvalue weighted by Gasteiger charge is -2.06. The van der Waals surface area contributed by atoms with E-state index >= 15 is 0 Å². The van der Waals surface area contributed by atoms with Gasteiger partial charge in [0.15, 0.2) is 0 Å². The Balaban J connectivity index is 3.00. The van der Waals surface area contributed by atoms with Crippen molar-refractivity contribution in [3.05, 3.63) is 0 Å². The van der Waals surface area contributed by atoms with Gasteiger partial charge in [0.1, 0.15) is 0 Å². The van der Waals surface area contributed by atoms with Crippen molar-refractivity contribution in [1.29, 1.82) is 0 Å². The maximum atomic E-state index is 11.6. The molecule has 0 amide bonds. The zero-order valence-corrected chi connectivity index (χ0v) is 8.33. The highest BCUT2D eigenvalue weighted by Crippen LogP contribution is 2.20. The molecule has 0 saturated heterocycles. The summed E-state index contributed by atoms with van der Waals surface area (Å²) in [5, 5.41) is 0. The molecule has 0 aliphatic carbocycles. The number of hydrogen-bond donors (Lipinski definition) is 1. The van der Waals surface area contributed by atoms with Gasteiger partial charge in [-0.2, -0.15) is 25.8 Å². The highest BCUT2D eigenvalue weighted by molar-refractivity contribution is 7.80. The van der Waals surface area contributed by atoms with Gasteiger partial charge in [-0.15, -0.1) is 0 Å². The predicted octanol–water partition coefficient (Wildman–Crippen LogP) is 3.06. The van der Waals surface area contributed by atoms with E-state index in [9.17, 15) is 13.2 Å². The summed E-state index contributed by atoms with van der Waals surface area (Å²) < 4.78 is 39.9. The molecule has 5 heteroatoms. The molecule has 0 aliphatic rings. The molecule has 0 N–H and O–H groups in total. The Morgan fingerprint density at radius 2 is 1.62 bits per heavy atom. The van der Waals surface area contributed by atoms with E-state index in [1.165, 1.54) is 0 Å². The first-order valence-corrected chi connectivity index (χ1v) is 4.95. The molecule has 0 bridgehead atoms. The molecule has 0 spiro atoms. The van der Waals surface area contributed by atoms with Crippen LogP contribution >= 0.6 is 12.6 Å². The highest BCUT2D eigenvalue weighted by Gasteiger charge is 2.25. The second-order valence-corrected chi connectivity index (χ2v) is 3.21. The minimum Gasteiger partial charge on any atom is -0.381 e. The van der Waals surface area contributed by atoms with E-state index in [1.807, 2.05) is 0 Å². The quantitative estimate of drug-likeness (QED) is 0.508. The first-order valence-electron chi connectivity index (χ1n) is 4.31. The van der Waals surface area contributed by atoms with Crippen LogP contribution in [0.3, 0.4) is 0 Å². The van der Waals surface area contributed by atoms with Gasteiger partial charge in [-0.1, -0.05) is 0 Å². The Morgan fingerprint density at radius 1 is 1.00 bits per heavy atom. The topological polar surface area (TPSA) is 9.23 Å². The van der Waals surface area contributed by atoms with Gasteiger partial charge in [0.25, 0.3) is 0 Å². The van der Waals surface area contributed by atoms with Crippen molar-refractivity contribution in [3.63, 3.8) is 0 Å². The number of thiol groups is 1. The molecular weight excluding hydrogens is 201 g/mol. The second kappa shape index (κ2) is 7.50. The van der Waals surface area contributed by atoms with Crippen molar-refractivity contribution in [3.8, 4) is 0 Å². The standard InChI is InChI=1S/C8H15F3OS/c9-8(10,11)4-3-6-12-5-1-2-7-13/h13H,1-7H2. The maximum Gasteiger partial charge on any atom is 0.389 e. The van der Waals surface area contributed by atoms with Crippen molar-refractivity contribution >= 4 is 12.6 Å². The van der Waals surface area contributed by atoms with Gasteiger partial charge in [-0.05, 0) is 25.0 Å². The van der Waals surface area contributed by atoms with Crippen molar-refractivity contribution < 1.29 is 17.9 Å². The minimum atomic E-state index is -4.05. The predicted molar refractivity (Wildman–Crippen MR) is 49.2 cm³/mol. The summed E-state index contributed by atoms with van der Waals surface area (Å²) in [5.41, 5.74) is 0. The molecule has 0 aromatic carbocycles. The van der Waals surface area contributed by atoms with Gasteiger partial charge in [-0.25, -0.2) is 0 Å². The number of hydrogen-bond acceptors (Lipinski definition) is 2. The molecule has 0 aromatic heterocycles. The molecule has 0 radical (unpaired) electrons. The van der Waals surface area contributed by atoms with E-state index in [4.69, 9.17) is 4.74 Å². The van der Waals surface area contributed by atoms with Gasteiger partial charge < -0.3 is 4.74 Å². The molecule has 0 fully saturated rings. The van der Waals surface area contributed by atoms with Crippen molar-refractivity contribution in [2.75, 3.05) is 19.0 Å². The lowest BCUT2D eigenvalue weighted by Crippen LogP contribution is -2.09. The van der Waals surface area contributed by atoms with Crippen LogP contribution in [-0.2, 0) is 4.74 Å². The summed E-state index contributed by atoms with van der Waals surface area (Å²) in [6, 6.07) is 0. The van der Waals surface area contributed by atoms with E-state index in [1.54, 1.807) is 0 Å². The summed E-state index contributed by atoms with van der Waals surface area (Å²) in [7, 11) is 0. The third kappa shape index (κ3) is 12.1. The van der Waals surface area contributed by atoms with Gasteiger partial charge >= 0.3 is 6.18 Å². The number of alkyl halides is 3. The molecule has 0 saturated carbocycles. The molecule has 0 rings (SSSR count). The zero-order chi connectivity index (χ0) is 10.2. The summed E-state index contributed by atoms with van der Waals surface area (Å²) in [6.45, 7) is 0.741. The first-order chi connectivity index (χ1) is 6.06. The molecular formula is C8H15F3OS. The Morgan fingerprint density at radius 3 is 2.15 bits per heavy atom. The molecule has 0 aromatic rings. The number of halogens is 3. The SMILES string of the molecule is FC(F)(F)CCCOCCCCS.